The Morgan fingerprint density at radius 2 is 2.22 bits per heavy atom. The molecule has 6 heteroatoms. The lowest BCUT2D eigenvalue weighted by Gasteiger charge is -2.12. The minimum atomic E-state index is -0.525. The van der Waals surface area contributed by atoms with Gasteiger partial charge in [-0.15, -0.1) is 0 Å². The average molecular weight is 249 g/mol. The third-order valence-corrected chi connectivity index (χ3v) is 2.67. The summed E-state index contributed by atoms with van der Waals surface area (Å²) < 4.78 is 5.16. The number of amides is 3. The SMILES string of the molecule is NC(=O)c1cccc(NC(=O)NC2CCOC2)c1. The number of primary amides is 1. The van der Waals surface area contributed by atoms with Gasteiger partial charge in [0.05, 0.1) is 12.6 Å². The molecule has 1 unspecified atom stereocenters. The van der Waals surface area contributed by atoms with Gasteiger partial charge in [-0.1, -0.05) is 6.07 Å². The maximum atomic E-state index is 11.7. The van der Waals surface area contributed by atoms with Crippen LogP contribution in [-0.2, 0) is 4.74 Å². The molecule has 0 saturated carbocycles. The molecule has 0 aliphatic carbocycles. The van der Waals surface area contributed by atoms with E-state index in [9.17, 15) is 9.59 Å². The van der Waals surface area contributed by atoms with Gasteiger partial charge in [0.15, 0.2) is 0 Å². The normalized spacial score (nSPS) is 18.3. The molecule has 0 radical (unpaired) electrons. The van der Waals surface area contributed by atoms with E-state index in [1.165, 1.54) is 6.07 Å². The quantitative estimate of drug-likeness (QED) is 0.736. The van der Waals surface area contributed by atoms with Crippen molar-refractivity contribution in [2.75, 3.05) is 18.5 Å². The molecular weight excluding hydrogens is 234 g/mol. The number of hydrogen-bond donors (Lipinski definition) is 3. The summed E-state index contributed by atoms with van der Waals surface area (Å²) in [6.07, 6.45) is 0.814. The van der Waals surface area contributed by atoms with Gasteiger partial charge in [0.2, 0.25) is 5.91 Å². The topological polar surface area (TPSA) is 93.5 Å². The minimum Gasteiger partial charge on any atom is -0.379 e. The Balaban J connectivity index is 1.93. The molecule has 1 aromatic carbocycles. The molecule has 1 fully saturated rings. The average Bonchev–Trinajstić information content (AvgIpc) is 2.82. The van der Waals surface area contributed by atoms with Crippen molar-refractivity contribution < 1.29 is 14.3 Å². The van der Waals surface area contributed by atoms with Gasteiger partial charge in [-0.25, -0.2) is 4.79 Å². The number of nitrogens with one attached hydrogen (secondary N) is 2. The predicted octanol–water partition coefficient (Wildman–Crippen LogP) is 0.696. The predicted molar refractivity (Wildman–Crippen MR) is 66.3 cm³/mol. The molecular formula is C12H15N3O3. The summed E-state index contributed by atoms with van der Waals surface area (Å²) in [5, 5.41) is 5.44. The molecule has 6 nitrogen and oxygen atoms in total. The summed E-state index contributed by atoms with van der Waals surface area (Å²) in [7, 11) is 0. The van der Waals surface area contributed by atoms with Crippen molar-refractivity contribution in [1.82, 2.24) is 5.32 Å². The maximum Gasteiger partial charge on any atom is 0.319 e. The zero-order valence-electron chi connectivity index (χ0n) is 9.81. The highest BCUT2D eigenvalue weighted by Gasteiger charge is 2.17. The van der Waals surface area contributed by atoms with Gasteiger partial charge in [0.1, 0.15) is 0 Å². The van der Waals surface area contributed by atoms with E-state index in [1.54, 1.807) is 18.2 Å². The van der Waals surface area contributed by atoms with E-state index in [0.717, 1.165) is 6.42 Å². The molecule has 3 amide bonds. The molecule has 96 valence electrons. The second kappa shape index (κ2) is 5.50. The van der Waals surface area contributed by atoms with Crippen LogP contribution in [0.15, 0.2) is 24.3 Å². The van der Waals surface area contributed by atoms with Gasteiger partial charge < -0.3 is 21.1 Å². The van der Waals surface area contributed by atoms with Crippen molar-refractivity contribution in [1.29, 1.82) is 0 Å². The van der Waals surface area contributed by atoms with Crippen LogP contribution in [0.2, 0.25) is 0 Å². The number of nitrogens with two attached hydrogens (primary N) is 1. The van der Waals surface area contributed by atoms with Crippen LogP contribution in [0.3, 0.4) is 0 Å². The molecule has 0 bridgehead atoms. The van der Waals surface area contributed by atoms with Crippen LogP contribution in [-0.4, -0.2) is 31.2 Å². The summed E-state index contributed by atoms with van der Waals surface area (Å²) in [6, 6.07) is 6.21. The van der Waals surface area contributed by atoms with E-state index in [-0.39, 0.29) is 12.1 Å². The smallest absolute Gasteiger partial charge is 0.319 e. The van der Waals surface area contributed by atoms with Crippen molar-refractivity contribution in [3.63, 3.8) is 0 Å². The van der Waals surface area contributed by atoms with Gasteiger partial charge in [-0.05, 0) is 24.6 Å². The Hall–Kier alpha value is -2.08. The molecule has 2 rings (SSSR count). The van der Waals surface area contributed by atoms with Gasteiger partial charge >= 0.3 is 6.03 Å². The van der Waals surface area contributed by atoms with E-state index >= 15 is 0 Å². The Morgan fingerprint density at radius 3 is 2.89 bits per heavy atom. The first-order valence-electron chi connectivity index (χ1n) is 5.70. The number of anilines is 1. The molecule has 1 heterocycles. The largest absolute Gasteiger partial charge is 0.379 e. The van der Waals surface area contributed by atoms with E-state index in [4.69, 9.17) is 10.5 Å². The summed E-state index contributed by atoms with van der Waals surface area (Å²) in [5.74, 6) is -0.525. The van der Waals surface area contributed by atoms with Crippen LogP contribution < -0.4 is 16.4 Å². The van der Waals surface area contributed by atoms with E-state index in [1.807, 2.05) is 0 Å². The first-order valence-corrected chi connectivity index (χ1v) is 5.70. The fourth-order valence-corrected chi connectivity index (χ4v) is 1.75. The van der Waals surface area contributed by atoms with Crippen LogP contribution in [0.4, 0.5) is 10.5 Å². The lowest BCUT2D eigenvalue weighted by molar-refractivity contribution is 0.100. The van der Waals surface area contributed by atoms with Gasteiger partial charge in [-0.3, -0.25) is 4.79 Å². The second-order valence-electron chi connectivity index (χ2n) is 4.10. The number of hydrogen-bond acceptors (Lipinski definition) is 3. The third kappa shape index (κ3) is 3.21. The third-order valence-electron chi connectivity index (χ3n) is 2.67. The van der Waals surface area contributed by atoms with Crippen molar-refractivity contribution in [2.45, 2.75) is 12.5 Å². The monoisotopic (exact) mass is 249 g/mol. The van der Waals surface area contributed by atoms with E-state index in [2.05, 4.69) is 10.6 Å². The number of benzene rings is 1. The van der Waals surface area contributed by atoms with Crippen LogP contribution >= 0.6 is 0 Å². The fourth-order valence-electron chi connectivity index (χ4n) is 1.75. The van der Waals surface area contributed by atoms with Crippen molar-refractivity contribution in [2.24, 2.45) is 5.73 Å². The summed E-state index contributed by atoms with van der Waals surface area (Å²) in [6.45, 7) is 1.21. The number of urea groups is 1. The Kier molecular flexibility index (Phi) is 3.78. The molecule has 1 atom stereocenters. The van der Waals surface area contributed by atoms with Crippen molar-refractivity contribution >= 4 is 17.6 Å². The molecule has 1 aliphatic heterocycles. The summed E-state index contributed by atoms with van der Waals surface area (Å²) in [5.41, 5.74) is 6.05. The maximum absolute atomic E-state index is 11.7. The summed E-state index contributed by atoms with van der Waals surface area (Å²) >= 11 is 0. The Bertz CT molecular complexity index is 456. The number of ether oxygens (including phenoxy) is 1. The van der Waals surface area contributed by atoms with E-state index in [0.29, 0.717) is 24.5 Å². The highest BCUT2D eigenvalue weighted by Crippen LogP contribution is 2.10. The molecule has 1 saturated heterocycles. The zero-order chi connectivity index (χ0) is 13.0. The van der Waals surface area contributed by atoms with Gasteiger partial charge in [0, 0.05) is 17.9 Å². The first-order chi connectivity index (χ1) is 8.65. The van der Waals surface area contributed by atoms with Crippen molar-refractivity contribution in [3.8, 4) is 0 Å². The fraction of sp³-hybridized carbons (Fsp3) is 0.333. The number of carbonyl (C=O) groups excluding carboxylic acids is 2. The van der Waals surface area contributed by atoms with Gasteiger partial charge in [-0.2, -0.15) is 0 Å². The van der Waals surface area contributed by atoms with Crippen LogP contribution in [0, 0.1) is 0 Å². The van der Waals surface area contributed by atoms with Gasteiger partial charge in [0.25, 0.3) is 0 Å². The standard InChI is InChI=1S/C12H15N3O3/c13-11(16)8-2-1-3-9(6-8)14-12(17)15-10-4-5-18-7-10/h1-3,6,10H,4-5,7H2,(H2,13,16)(H2,14,15,17). The second-order valence-corrected chi connectivity index (χ2v) is 4.10. The van der Waals surface area contributed by atoms with Crippen LogP contribution in [0.1, 0.15) is 16.8 Å². The lowest BCUT2D eigenvalue weighted by Crippen LogP contribution is -2.38. The number of carbonyl (C=O) groups is 2. The summed E-state index contributed by atoms with van der Waals surface area (Å²) in [4.78, 5) is 22.7. The molecule has 4 N–H and O–H groups in total. The highest BCUT2D eigenvalue weighted by atomic mass is 16.5. The van der Waals surface area contributed by atoms with Crippen molar-refractivity contribution in [3.05, 3.63) is 29.8 Å². The van der Waals surface area contributed by atoms with Crippen LogP contribution in [0.25, 0.3) is 0 Å². The molecule has 18 heavy (non-hydrogen) atoms. The number of rotatable bonds is 3. The molecule has 1 aromatic rings. The lowest BCUT2D eigenvalue weighted by atomic mass is 10.2. The highest BCUT2D eigenvalue weighted by molar-refractivity contribution is 5.95. The van der Waals surface area contributed by atoms with Crippen LogP contribution in [0.5, 0.6) is 0 Å². The molecule has 1 aliphatic rings. The van der Waals surface area contributed by atoms with E-state index < -0.39 is 5.91 Å². The molecule has 0 aromatic heterocycles. The Morgan fingerprint density at radius 1 is 1.39 bits per heavy atom. The minimum absolute atomic E-state index is 0.0457. The zero-order valence-corrected chi connectivity index (χ0v) is 9.81. The Labute approximate surface area is 104 Å². The first kappa shape index (κ1) is 12.4. The molecule has 0 spiro atoms.